The molecule has 0 atom stereocenters. The van der Waals surface area contributed by atoms with Gasteiger partial charge in [0.05, 0.1) is 35.9 Å². The second-order valence-corrected chi connectivity index (χ2v) is 7.23. The van der Waals surface area contributed by atoms with Gasteiger partial charge in [0.2, 0.25) is 5.91 Å². The highest BCUT2D eigenvalue weighted by Gasteiger charge is 2.14. The summed E-state index contributed by atoms with van der Waals surface area (Å²) in [4.78, 5) is 17.0. The highest BCUT2D eigenvalue weighted by Crippen LogP contribution is 2.22. The van der Waals surface area contributed by atoms with Gasteiger partial charge in [-0.3, -0.25) is 9.78 Å². The SMILES string of the molecule is COc1ccc2cc(NC(=O)CCc3c(C)nn(-c4ccccc4)c3C)cnc2c1. The summed E-state index contributed by atoms with van der Waals surface area (Å²) in [6.45, 7) is 4.03. The molecule has 0 unspecified atom stereocenters. The number of benzene rings is 2. The number of carbonyl (C=O) groups excluding carboxylic acids is 1. The van der Waals surface area contributed by atoms with Crippen LogP contribution in [-0.2, 0) is 11.2 Å². The van der Waals surface area contributed by atoms with Crippen molar-refractivity contribution in [1.82, 2.24) is 14.8 Å². The average Bonchev–Trinajstić information content (AvgIpc) is 3.05. The quantitative estimate of drug-likeness (QED) is 0.513. The molecular weight excluding hydrogens is 376 g/mol. The summed E-state index contributed by atoms with van der Waals surface area (Å²) in [7, 11) is 1.63. The normalized spacial score (nSPS) is 10.9. The number of anilines is 1. The van der Waals surface area contributed by atoms with Gasteiger partial charge < -0.3 is 10.1 Å². The van der Waals surface area contributed by atoms with E-state index in [0.717, 1.165) is 39.3 Å². The number of nitrogens with zero attached hydrogens (tertiary/aromatic N) is 3. The predicted molar refractivity (Wildman–Crippen MR) is 118 cm³/mol. The maximum Gasteiger partial charge on any atom is 0.224 e. The van der Waals surface area contributed by atoms with Gasteiger partial charge in [0.1, 0.15) is 5.75 Å². The molecule has 0 saturated heterocycles. The van der Waals surface area contributed by atoms with E-state index in [9.17, 15) is 4.79 Å². The summed E-state index contributed by atoms with van der Waals surface area (Å²) in [6.07, 6.45) is 2.68. The van der Waals surface area contributed by atoms with E-state index < -0.39 is 0 Å². The summed E-state index contributed by atoms with van der Waals surface area (Å²) in [5.41, 5.74) is 5.65. The molecule has 1 N–H and O–H groups in total. The van der Waals surface area contributed by atoms with Gasteiger partial charge in [-0.2, -0.15) is 5.10 Å². The number of hydrogen-bond donors (Lipinski definition) is 1. The summed E-state index contributed by atoms with van der Waals surface area (Å²) < 4.78 is 7.16. The monoisotopic (exact) mass is 400 g/mol. The van der Waals surface area contributed by atoms with Crippen LogP contribution in [0.4, 0.5) is 5.69 Å². The van der Waals surface area contributed by atoms with Crippen LogP contribution in [0.1, 0.15) is 23.4 Å². The van der Waals surface area contributed by atoms with Gasteiger partial charge in [-0.1, -0.05) is 18.2 Å². The first-order chi connectivity index (χ1) is 14.5. The first-order valence-electron chi connectivity index (χ1n) is 9.89. The molecular formula is C24H24N4O2. The molecule has 0 spiro atoms. The number of aromatic nitrogens is 3. The minimum absolute atomic E-state index is 0.0454. The molecule has 0 aliphatic carbocycles. The summed E-state index contributed by atoms with van der Waals surface area (Å²) in [6, 6.07) is 17.6. The van der Waals surface area contributed by atoms with Crippen LogP contribution in [0.3, 0.4) is 0 Å². The molecule has 0 saturated carbocycles. The Kier molecular flexibility index (Phi) is 5.48. The molecule has 6 nitrogen and oxygen atoms in total. The zero-order chi connectivity index (χ0) is 21.1. The van der Waals surface area contributed by atoms with Crippen molar-refractivity contribution in [2.75, 3.05) is 12.4 Å². The van der Waals surface area contributed by atoms with Crippen molar-refractivity contribution in [1.29, 1.82) is 0 Å². The van der Waals surface area contributed by atoms with Gasteiger partial charge in [-0.25, -0.2) is 4.68 Å². The van der Waals surface area contributed by atoms with E-state index in [1.54, 1.807) is 13.3 Å². The second kappa shape index (κ2) is 8.37. The molecule has 6 heteroatoms. The lowest BCUT2D eigenvalue weighted by Crippen LogP contribution is -2.13. The number of para-hydroxylation sites is 1. The van der Waals surface area contributed by atoms with E-state index in [-0.39, 0.29) is 5.91 Å². The van der Waals surface area contributed by atoms with Gasteiger partial charge in [0.25, 0.3) is 0 Å². The summed E-state index contributed by atoms with van der Waals surface area (Å²) >= 11 is 0. The third kappa shape index (κ3) is 4.03. The minimum Gasteiger partial charge on any atom is -0.497 e. The maximum atomic E-state index is 12.5. The third-order valence-electron chi connectivity index (χ3n) is 5.22. The van der Waals surface area contributed by atoms with Crippen molar-refractivity contribution in [3.05, 3.63) is 77.7 Å². The van der Waals surface area contributed by atoms with E-state index in [1.807, 2.05) is 73.1 Å². The van der Waals surface area contributed by atoms with Crippen LogP contribution >= 0.6 is 0 Å². The van der Waals surface area contributed by atoms with Gasteiger partial charge in [-0.05, 0) is 56.2 Å². The first kappa shape index (κ1) is 19.6. The van der Waals surface area contributed by atoms with Gasteiger partial charge in [0, 0.05) is 23.6 Å². The fourth-order valence-electron chi connectivity index (χ4n) is 3.62. The first-order valence-corrected chi connectivity index (χ1v) is 9.89. The average molecular weight is 400 g/mol. The van der Waals surface area contributed by atoms with Crippen LogP contribution in [0.25, 0.3) is 16.6 Å². The predicted octanol–water partition coefficient (Wildman–Crippen LogP) is 4.62. The number of aryl methyl sites for hydroxylation is 1. The van der Waals surface area contributed by atoms with E-state index >= 15 is 0 Å². The molecule has 2 heterocycles. The molecule has 0 bridgehead atoms. The lowest BCUT2D eigenvalue weighted by Gasteiger charge is -2.08. The molecule has 0 radical (unpaired) electrons. The minimum atomic E-state index is -0.0454. The molecule has 2 aromatic heterocycles. The number of fused-ring (bicyclic) bond motifs is 1. The molecule has 0 aliphatic rings. The van der Waals surface area contributed by atoms with Crippen molar-refractivity contribution < 1.29 is 9.53 Å². The standard InChI is InChI=1S/C24H24N4O2/c1-16-22(17(2)28(27-16)20-7-5-4-6-8-20)11-12-24(29)26-19-13-18-9-10-21(30-3)14-23(18)25-15-19/h4-10,13-15H,11-12H2,1-3H3,(H,26,29). The molecule has 2 aromatic carbocycles. The van der Waals surface area contributed by atoms with Crippen molar-refractivity contribution in [2.45, 2.75) is 26.7 Å². The smallest absolute Gasteiger partial charge is 0.224 e. The number of carbonyl (C=O) groups is 1. The van der Waals surface area contributed by atoms with Crippen molar-refractivity contribution in [2.24, 2.45) is 0 Å². The Bertz CT molecular complexity index is 1200. The van der Waals surface area contributed by atoms with Crippen molar-refractivity contribution >= 4 is 22.5 Å². The van der Waals surface area contributed by atoms with Crippen LogP contribution in [0, 0.1) is 13.8 Å². The number of hydrogen-bond acceptors (Lipinski definition) is 4. The molecule has 0 aliphatic heterocycles. The van der Waals surface area contributed by atoms with Crippen molar-refractivity contribution in [3.63, 3.8) is 0 Å². The Morgan fingerprint density at radius 3 is 2.67 bits per heavy atom. The topological polar surface area (TPSA) is 69.0 Å². The number of methoxy groups -OCH3 is 1. The second-order valence-electron chi connectivity index (χ2n) is 7.23. The third-order valence-corrected chi connectivity index (χ3v) is 5.22. The lowest BCUT2D eigenvalue weighted by atomic mass is 10.1. The molecule has 4 rings (SSSR count). The fourth-order valence-corrected chi connectivity index (χ4v) is 3.62. The van der Waals surface area contributed by atoms with E-state index in [4.69, 9.17) is 4.74 Å². The molecule has 4 aromatic rings. The summed E-state index contributed by atoms with van der Waals surface area (Å²) in [5.74, 6) is 0.712. The van der Waals surface area contributed by atoms with Crippen LogP contribution < -0.4 is 10.1 Å². The Morgan fingerprint density at radius 2 is 1.90 bits per heavy atom. The van der Waals surface area contributed by atoms with Gasteiger partial charge in [0.15, 0.2) is 0 Å². The van der Waals surface area contributed by atoms with Crippen LogP contribution in [0.2, 0.25) is 0 Å². The zero-order valence-corrected chi connectivity index (χ0v) is 17.3. The Hall–Kier alpha value is -3.67. The summed E-state index contributed by atoms with van der Waals surface area (Å²) in [5, 5.41) is 8.55. The zero-order valence-electron chi connectivity index (χ0n) is 17.3. The van der Waals surface area contributed by atoms with Crippen molar-refractivity contribution in [3.8, 4) is 11.4 Å². The van der Waals surface area contributed by atoms with Gasteiger partial charge in [-0.15, -0.1) is 0 Å². The maximum absolute atomic E-state index is 12.5. The van der Waals surface area contributed by atoms with Crippen LogP contribution in [-0.4, -0.2) is 27.8 Å². The molecule has 1 amide bonds. The Morgan fingerprint density at radius 1 is 1.10 bits per heavy atom. The molecule has 152 valence electrons. The Labute approximate surface area is 175 Å². The van der Waals surface area contributed by atoms with E-state index in [0.29, 0.717) is 18.5 Å². The molecule has 0 fully saturated rings. The largest absolute Gasteiger partial charge is 0.497 e. The van der Waals surface area contributed by atoms with Gasteiger partial charge >= 0.3 is 0 Å². The fraction of sp³-hybridized carbons (Fsp3) is 0.208. The highest BCUT2D eigenvalue weighted by atomic mass is 16.5. The number of pyridine rings is 1. The Balaban J connectivity index is 1.44. The van der Waals surface area contributed by atoms with E-state index in [2.05, 4.69) is 15.4 Å². The number of ether oxygens (including phenoxy) is 1. The van der Waals surface area contributed by atoms with Crippen LogP contribution in [0.15, 0.2) is 60.8 Å². The van der Waals surface area contributed by atoms with Crippen LogP contribution in [0.5, 0.6) is 5.75 Å². The van der Waals surface area contributed by atoms with E-state index in [1.165, 1.54) is 0 Å². The number of amides is 1. The lowest BCUT2D eigenvalue weighted by molar-refractivity contribution is -0.116. The number of nitrogens with one attached hydrogen (secondary N) is 1. The molecule has 30 heavy (non-hydrogen) atoms. The number of rotatable bonds is 6. The highest BCUT2D eigenvalue weighted by molar-refractivity contribution is 5.93.